The molecule has 2 aromatic heterocycles. The van der Waals surface area contributed by atoms with Gasteiger partial charge in [-0.05, 0) is 10.8 Å². The van der Waals surface area contributed by atoms with E-state index in [1.807, 2.05) is 43.6 Å². The van der Waals surface area contributed by atoms with Crippen LogP contribution in [0, 0.1) is 0 Å². The summed E-state index contributed by atoms with van der Waals surface area (Å²) < 4.78 is 1.72. The Morgan fingerprint density at radius 2 is 2.00 bits per heavy atom. The maximum atomic E-state index is 4.33. The molecule has 0 N–H and O–H groups in total. The third-order valence-electron chi connectivity index (χ3n) is 2.58. The smallest absolute Gasteiger partial charge is 0.208 e. The Morgan fingerprint density at radius 1 is 1.17 bits per heavy atom. The van der Waals surface area contributed by atoms with Gasteiger partial charge in [-0.15, -0.1) is 10.2 Å². The first kappa shape index (κ1) is 10.6. The van der Waals surface area contributed by atoms with Gasteiger partial charge in [0.25, 0.3) is 0 Å². The van der Waals surface area contributed by atoms with E-state index in [9.17, 15) is 0 Å². The highest BCUT2D eigenvalue weighted by molar-refractivity contribution is 5.50. The highest BCUT2D eigenvalue weighted by atomic mass is 15.6. The van der Waals surface area contributed by atoms with E-state index in [0.717, 1.165) is 11.1 Å². The molecule has 18 heavy (non-hydrogen) atoms. The summed E-state index contributed by atoms with van der Waals surface area (Å²) in [6.45, 7) is 0.619. The highest BCUT2D eigenvalue weighted by Crippen LogP contribution is 2.11. The van der Waals surface area contributed by atoms with Crippen LogP contribution in [-0.2, 0) is 13.6 Å². The zero-order chi connectivity index (χ0) is 12.4. The number of hydrogen-bond acceptors (Lipinski definition) is 4. The fraction of sp³-hybridized carbons (Fsp3) is 0.167. The van der Waals surface area contributed by atoms with Gasteiger partial charge in [0.2, 0.25) is 5.82 Å². The lowest BCUT2D eigenvalue weighted by Gasteiger charge is -1.97. The molecule has 0 bridgehead atoms. The van der Waals surface area contributed by atoms with E-state index in [4.69, 9.17) is 0 Å². The monoisotopic (exact) mass is 240 g/mol. The fourth-order valence-electron chi connectivity index (χ4n) is 1.71. The molecular formula is C12H12N6. The van der Waals surface area contributed by atoms with E-state index in [0.29, 0.717) is 12.4 Å². The summed E-state index contributed by atoms with van der Waals surface area (Å²) in [6.07, 6.45) is 3.59. The van der Waals surface area contributed by atoms with Crippen molar-refractivity contribution in [2.45, 2.75) is 6.54 Å². The second-order valence-corrected chi connectivity index (χ2v) is 4.03. The molecule has 0 radical (unpaired) electrons. The maximum Gasteiger partial charge on any atom is 0.208 e. The number of tetrazole rings is 1. The van der Waals surface area contributed by atoms with Crippen LogP contribution in [0.1, 0.15) is 5.56 Å². The molecule has 1 aromatic carbocycles. The molecule has 0 aliphatic rings. The molecule has 0 unspecified atom stereocenters. The Balaban J connectivity index is 1.82. The molecule has 0 saturated carbocycles. The Bertz CT molecular complexity index is 639. The average molecular weight is 240 g/mol. The maximum absolute atomic E-state index is 4.33. The van der Waals surface area contributed by atoms with Gasteiger partial charge < -0.3 is 0 Å². The molecular weight excluding hydrogens is 228 g/mol. The number of benzene rings is 1. The van der Waals surface area contributed by atoms with Gasteiger partial charge in [0.15, 0.2) is 0 Å². The van der Waals surface area contributed by atoms with Gasteiger partial charge in [0.1, 0.15) is 0 Å². The first-order chi connectivity index (χ1) is 8.81. The predicted molar refractivity (Wildman–Crippen MR) is 65.6 cm³/mol. The molecule has 6 heteroatoms. The molecule has 0 aliphatic heterocycles. The van der Waals surface area contributed by atoms with Gasteiger partial charge in [-0.25, -0.2) is 0 Å². The molecule has 0 amide bonds. The van der Waals surface area contributed by atoms with Crippen molar-refractivity contribution in [3.8, 4) is 11.4 Å². The van der Waals surface area contributed by atoms with Crippen LogP contribution in [0.3, 0.4) is 0 Å². The second-order valence-electron chi connectivity index (χ2n) is 4.03. The van der Waals surface area contributed by atoms with Crippen LogP contribution in [0.15, 0.2) is 42.7 Å². The second kappa shape index (κ2) is 4.40. The highest BCUT2D eigenvalue weighted by Gasteiger charge is 2.07. The molecule has 6 nitrogen and oxygen atoms in total. The van der Waals surface area contributed by atoms with Crippen LogP contribution in [0.2, 0.25) is 0 Å². The summed E-state index contributed by atoms with van der Waals surface area (Å²) in [5.41, 5.74) is 2.02. The van der Waals surface area contributed by atoms with Gasteiger partial charge in [-0.3, -0.25) is 4.68 Å². The third kappa shape index (κ3) is 2.13. The molecule has 90 valence electrons. The number of nitrogens with zero attached hydrogens (tertiary/aromatic N) is 6. The minimum Gasteiger partial charge on any atom is -0.275 e. The van der Waals surface area contributed by atoms with E-state index in [2.05, 4.69) is 20.5 Å². The number of rotatable bonds is 3. The van der Waals surface area contributed by atoms with Gasteiger partial charge in [-0.1, -0.05) is 30.3 Å². The van der Waals surface area contributed by atoms with Crippen molar-refractivity contribution < 1.29 is 0 Å². The van der Waals surface area contributed by atoms with E-state index in [1.54, 1.807) is 15.7 Å². The van der Waals surface area contributed by atoms with Crippen LogP contribution in [0.5, 0.6) is 0 Å². The van der Waals surface area contributed by atoms with Crippen molar-refractivity contribution in [3.05, 3.63) is 48.3 Å². The van der Waals surface area contributed by atoms with Gasteiger partial charge >= 0.3 is 0 Å². The van der Waals surface area contributed by atoms with Gasteiger partial charge in [-0.2, -0.15) is 9.90 Å². The first-order valence-electron chi connectivity index (χ1n) is 5.62. The Labute approximate surface area is 104 Å². The minimum absolute atomic E-state index is 0.596. The van der Waals surface area contributed by atoms with Gasteiger partial charge in [0, 0.05) is 13.2 Å². The van der Waals surface area contributed by atoms with E-state index in [1.165, 1.54) is 0 Å². The number of aryl methyl sites for hydroxylation is 1. The largest absolute Gasteiger partial charge is 0.275 e. The molecule has 2 heterocycles. The summed E-state index contributed by atoms with van der Waals surface area (Å²) in [5, 5.41) is 16.5. The first-order valence-corrected chi connectivity index (χ1v) is 5.62. The lowest BCUT2D eigenvalue weighted by molar-refractivity contribution is 0.573. The van der Waals surface area contributed by atoms with E-state index >= 15 is 0 Å². The number of hydrogen-bond donors (Lipinski definition) is 0. The van der Waals surface area contributed by atoms with Crippen molar-refractivity contribution in [3.63, 3.8) is 0 Å². The zero-order valence-electron chi connectivity index (χ0n) is 9.93. The van der Waals surface area contributed by atoms with Crippen LogP contribution >= 0.6 is 0 Å². The minimum atomic E-state index is 0.596. The SMILES string of the molecule is Cn1cc(-c2nnn(Cc3ccccc3)n2)cn1. The van der Waals surface area contributed by atoms with E-state index < -0.39 is 0 Å². The van der Waals surface area contributed by atoms with Gasteiger partial charge in [0.05, 0.1) is 18.3 Å². The van der Waals surface area contributed by atoms with Crippen molar-refractivity contribution in [1.29, 1.82) is 0 Å². The summed E-state index contributed by atoms with van der Waals surface area (Å²) in [5.74, 6) is 0.596. The zero-order valence-corrected chi connectivity index (χ0v) is 9.93. The molecule has 0 saturated heterocycles. The molecule has 3 rings (SSSR count). The van der Waals surface area contributed by atoms with E-state index in [-0.39, 0.29) is 0 Å². The molecule has 0 fully saturated rings. The fourth-order valence-corrected chi connectivity index (χ4v) is 1.71. The molecule has 3 aromatic rings. The van der Waals surface area contributed by atoms with Crippen LogP contribution in [0.4, 0.5) is 0 Å². The van der Waals surface area contributed by atoms with Crippen LogP contribution in [-0.4, -0.2) is 30.0 Å². The molecule has 0 atom stereocenters. The van der Waals surface area contributed by atoms with Crippen molar-refractivity contribution in [1.82, 2.24) is 30.0 Å². The topological polar surface area (TPSA) is 61.4 Å². The third-order valence-corrected chi connectivity index (χ3v) is 2.58. The molecule has 0 aliphatic carbocycles. The summed E-state index contributed by atoms with van der Waals surface area (Å²) in [7, 11) is 1.86. The lowest BCUT2D eigenvalue weighted by atomic mass is 10.2. The van der Waals surface area contributed by atoms with Crippen LogP contribution < -0.4 is 0 Å². The van der Waals surface area contributed by atoms with Crippen molar-refractivity contribution >= 4 is 0 Å². The molecule has 0 spiro atoms. The lowest BCUT2D eigenvalue weighted by Crippen LogP contribution is -2.03. The average Bonchev–Trinajstić information content (AvgIpc) is 2.99. The summed E-state index contributed by atoms with van der Waals surface area (Å²) >= 11 is 0. The quantitative estimate of drug-likeness (QED) is 0.688. The Morgan fingerprint density at radius 3 is 2.72 bits per heavy atom. The standard InChI is InChI=1S/C12H12N6/c1-17-9-11(7-13-17)12-14-16-18(15-12)8-10-5-3-2-4-6-10/h2-7,9H,8H2,1H3. The summed E-state index contributed by atoms with van der Waals surface area (Å²) in [4.78, 5) is 1.58. The Kier molecular flexibility index (Phi) is 2.60. The van der Waals surface area contributed by atoms with Crippen LogP contribution in [0.25, 0.3) is 11.4 Å². The predicted octanol–water partition coefficient (Wildman–Crippen LogP) is 1.12. The summed E-state index contributed by atoms with van der Waals surface area (Å²) in [6, 6.07) is 10.0. The van der Waals surface area contributed by atoms with Crippen molar-refractivity contribution in [2.24, 2.45) is 7.05 Å². The normalized spacial score (nSPS) is 10.7. The van der Waals surface area contributed by atoms with Crippen molar-refractivity contribution in [2.75, 3.05) is 0 Å². The number of aromatic nitrogens is 6. The Hall–Kier alpha value is -2.50.